The summed E-state index contributed by atoms with van der Waals surface area (Å²) >= 11 is 1.25. The van der Waals surface area contributed by atoms with Gasteiger partial charge in [0.2, 0.25) is 5.91 Å². The SMILES string of the molecule is O=C(NC1CCCCCC1)C1CCN(S(=O)(=O)c2cccs2)CC1. The Morgan fingerprint density at radius 3 is 2.33 bits per heavy atom. The normalized spacial score (nSPS) is 22.2. The predicted molar refractivity (Wildman–Crippen MR) is 95.4 cm³/mol. The lowest BCUT2D eigenvalue weighted by Crippen LogP contribution is -2.45. The van der Waals surface area contributed by atoms with Crippen molar-refractivity contribution in [1.82, 2.24) is 9.62 Å². The zero-order valence-electron chi connectivity index (χ0n) is 13.9. The largest absolute Gasteiger partial charge is 0.353 e. The monoisotopic (exact) mass is 370 g/mol. The van der Waals surface area contributed by atoms with Crippen LogP contribution in [0.3, 0.4) is 0 Å². The van der Waals surface area contributed by atoms with Crippen LogP contribution in [0.5, 0.6) is 0 Å². The fourth-order valence-electron chi connectivity index (χ4n) is 3.64. The van der Waals surface area contributed by atoms with E-state index in [2.05, 4.69) is 5.32 Å². The average molecular weight is 371 g/mol. The van der Waals surface area contributed by atoms with E-state index in [1.807, 2.05) is 0 Å². The van der Waals surface area contributed by atoms with Crippen molar-refractivity contribution in [3.05, 3.63) is 17.5 Å². The van der Waals surface area contributed by atoms with Crippen molar-refractivity contribution in [1.29, 1.82) is 0 Å². The number of carbonyl (C=O) groups is 1. The number of thiophene rings is 1. The molecule has 1 aromatic rings. The van der Waals surface area contributed by atoms with Gasteiger partial charge in [-0.15, -0.1) is 11.3 Å². The Bertz CT molecular complexity index is 627. The maximum absolute atomic E-state index is 12.5. The molecule has 1 saturated carbocycles. The number of carbonyl (C=O) groups excluding carboxylic acids is 1. The van der Waals surface area contributed by atoms with Gasteiger partial charge < -0.3 is 5.32 Å². The third kappa shape index (κ3) is 4.18. The van der Waals surface area contributed by atoms with E-state index < -0.39 is 10.0 Å². The Balaban J connectivity index is 1.52. The minimum Gasteiger partial charge on any atom is -0.353 e. The molecule has 0 spiro atoms. The molecule has 1 amide bonds. The first-order valence-corrected chi connectivity index (χ1v) is 11.2. The maximum Gasteiger partial charge on any atom is 0.252 e. The van der Waals surface area contributed by atoms with Gasteiger partial charge >= 0.3 is 0 Å². The summed E-state index contributed by atoms with van der Waals surface area (Å²) < 4.78 is 26.9. The molecule has 2 aliphatic rings. The number of hydrogen-bond acceptors (Lipinski definition) is 4. The molecule has 1 saturated heterocycles. The zero-order chi connectivity index (χ0) is 17.0. The number of sulfonamides is 1. The van der Waals surface area contributed by atoms with Crippen LogP contribution in [0.4, 0.5) is 0 Å². The molecule has 1 aromatic heterocycles. The van der Waals surface area contributed by atoms with E-state index in [0.717, 1.165) is 12.8 Å². The van der Waals surface area contributed by atoms with E-state index in [1.54, 1.807) is 17.5 Å². The number of rotatable bonds is 4. The molecule has 2 fully saturated rings. The molecule has 2 heterocycles. The maximum atomic E-state index is 12.5. The van der Waals surface area contributed by atoms with Crippen molar-refractivity contribution in [3.8, 4) is 0 Å². The van der Waals surface area contributed by atoms with Gasteiger partial charge in [0.15, 0.2) is 0 Å². The molecule has 0 aromatic carbocycles. The van der Waals surface area contributed by atoms with Gasteiger partial charge in [0.25, 0.3) is 10.0 Å². The third-order valence-electron chi connectivity index (χ3n) is 5.12. The fraction of sp³-hybridized carbons (Fsp3) is 0.706. The molecule has 0 unspecified atom stereocenters. The van der Waals surface area contributed by atoms with Crippen molar-refractivity contribution < 1.29 is 13.2 Å². The lowest BCUT2D eigenvalue weighted by Gasteiger charge is -2.31. The minimum atomic E-state index is -3.38. The van der Waals surface area contributed by atoms with Crippen LogP contribution in [0.15, 0.2) is 21.7 Å². The Kier molecular flexibility index (Phi) is 5.94. The summed E-state index contributed by atoms with van der Waals surface area (Å²) in [5.74, 6) is 0.0677. The molecule has 134 valence electrons. The van der Waals surface area contributed by atoms with Gasteiger partial charge in [-0.3, -0.25) is 4.79 Å². The quantitative estimate of drug-likeness (QED) is 0.829. The number of hydrogen-bond donors (Lipinski definition) is 1. The highest BCUT2D eigenvalue weighted by Gasteiger charge is 2.33. The number of nitrogens with one attached hydrogen (secondary N) is 1. The summed E-state index contributed by atoms with van der Waals surface area (Å²) in [4.78, 5) is 12.5. The summed E-state index contributed by atoms with van der Waals surface area (Å²) in [5.41, 5.74) is 0. The fourth-order valence-corrected chi connectivity index (χ4v) is 6.25. The van der Waals surface area contributed by atoms with Crippen LogP contribution in [-0.2, 0) is 14.8 Å². The van der Waals surface area contributed by atoms with E-state index in [-0.39, 0.29) is 11.8 Å². The molecule has 5 nitrogen and oxygen atoms in total. The van der Waals surface area contributed by atoms with Crippen molar-refractivity contribution in [2.24, 2.45) is 5.92 Å². The van der Waals surface area contributed by atoms with E-state index in [9.17, 15) is 13.2 Å². The number of piperidine rings is 1. The molecule has 0 bridgehead atoms. The van der Waals surface area contributed by atoms with E-state index in [0.29, 0.717) is 36.2 Å². The lowest BCUT2D eigenvalue weighted by molar-refractivity contribution is -0.126. The summed E-state index contributed by atoms with van der Waals surface area (Å²) in [6.45, 7) is 0.867. The van der Waals surface area contributed by atoms with Crippen LogP contribution >= 0.6 is 11.3 Å². The van der Waals surface area contributed by atoms with Crippen LogP contribution < -0.4 is 5.32 Å². The first kappa shape index (κ1) is 17.9. The van der Waals surface area contributed by atoms with Gasteiger partial charge in [-0.2, -0.15) is 4.31 Å². The second kappa shape index (κ2) is 7.97. The molecule has 1 N–H and O–H groups in total. The smallest absolute Gasteiger partial charge is 0.252 e. The van der Waals surface area contributed by atoms with E-state index in [4.69, 9.17) is 0 Å². The van der Waals surface area contributed by atoms with Crippen LogP contribution in [0, 0.1) is 5.92 Å². The zero-order valence-corrected chi connectivity index (χ0v) is 15.6. The van der Waals surface area contributed by atoms with Gasteiger partial charge in [0, 0.05) is 25.0 Å². The van der Waals surface area contributed by atoms with Gasteiger partial charge in [0.05, 0.1) is 0 Å². The third-order valence-corrected chi connectivity index (χ3v) is 8.39. The second-order valence-electron chi connectivity index (χ2n) is 6.81. The Hall–Kier alpha value is -0.920. The average Bonchev–Trinajstić information content (AvgIpc) is 3.02. The number of amides is 1. The van der Waals surface area contributed by atoms with Crippen molar-refractivity contribution in [2.75, 3.05) is 13.1 Å². The predicted octanol–water partition coefficient (Wildman–Crippen LogP) is 2.99. The van der Waals surface area contributed by atoms with E-state index in [1.165, 1.54) is 41.3 Å². The Morgan fingerprint density at radius 1 is 1.08 bits per heavy atom. The Morgan fingerprint density at radius 2 is 1.75 bits per heavy atom. The molecule has 1 aliphatic carbocycles. The summed E-state index contributed by atoms with van der Waals surface area (Å²) in [6.07, 6.45) is 8.32. The standard InChI is InChI=1S/C17H26N2O3S2/c20-17(18-15-6-3-1-2-4-7-15)14-9-11-19(12-10-14)24(21,22)16-8-5-13-23-16/h5,8,13-15H,1-4,6-7,9-12H2,(H,18,20). The minimum absolute atomic E-state index is 0.0527. The molecular formula is C17H26N2O3S2. The first-order chi connectivity index (χ1) is 11.6. The van der Waals surface area contributed by atoms with Gasteiger partial charge in [-0.25, -0.2) is 8.42 Å². The topological polar surface area (TPSA) is 66.5 Å². The highest BCUT2D eigenvalue weighted by Crippen LogP contribution is 2.27. The van der Waals surface area contributed by atoms with Crippen LogP contribution in [-0.4, -0.2) is 37.8 Å². The van der Waals surface area contributed by atoms with Crippen molar-refractivity contribution >= 4 is 27.3 Å². The molecule has 3 rings (SSSR count). The van der Waals surface area contributed by atoms with E-state index >= 15 is 0 Å². The summed E-state index contributed by atoms with van der Waals surface area (Å²) in [7, 11) is -3.38. The van der Waals surface area contributed by atoms with Crippen molar-refractivity contribution in [3.63, 3.8) is 0 Å². The number of nitrogens with zero attached hydrogens (tertiary/aromatic N) is 1. The second-order valence-corrected chi connectivity index (χ2v) is 9.92. The highest BCUT2D eigenvalue weighted by atomic mass is 32.2. The Labute approximate surface area is 148 Å². The lowest BCUT2D eigenvalue weighted by atomic mass is 9.96. The van der Waals surface area contributed by atoms with Crippen LogP contribution in [0.2, 0.25) is 0 Å². The summed E-state index contributed by atoms with van der Waals surface area (Å²) in [6, 6.07) is 3.71. The molecule has 0 atom stereocenters. The van der Waals surface area contributed by atoms with Gasteiger partial charge in [-0.1, -0.05) is 31.7 Å². The molecular weight excluding hydrogens is 344 g/mol. The van der Waals surface area contributed by atoms with Crippen molar-refractivity contribution in [2.45, 2.75) is 61.6 Å². The van der Waals surface area contributed by atoms with Gasteiger partial charge in [0.1, 0.15) is 4.21 Å². The van der Waals surface area contributed by atoms with Gasteiger partial charge in [-0.05, 0) is 37.1 Å². The molecule has 24 heavy (non-hydrogen) atoms. The summed E-state index contributed by atoms with van der Waals surface area (Å²) in [5, 5.41) is 4.98. The molecule has 0 radical (unpaired) electrons. The first-order valence-electron chi connectivity index (χ1n) is 8.91. The van der Waals surface area contributed by atoms with Crippen LogP contribution in [0.1, 0.15) is 51.4 Å². The molecule has 1 aliphatic heterocycles. The molecule has 7 heteroatoms. The van der Waals surface area contributed by atoms with Crippen LogP contribution in [0.25, 0.3) is 0 Å². The highest BCUT2D eigenvalue weighted by molar-refractivity contribution is 7.91.